The van der Waals surface area contributed by atoms with Crippen LogP contribution in [0.2, 0.25) is 0 Å². The standard InChI is InChI=1S/C29H28F7N5O/c1-39(26-38-24-6-3-4-7-25(24)41(26)18-19-8-12-22(30)13-9-19)14-5-15-40(2)27(42)37-17-20-10-11-21(28(31,32)33)16-23(20)29(34,35)36/h3-4,6-13,16H,5,14-15,17-18H2,1-2H3,(H,37,42). The first-order chi connectivity index (χ1) is 19.7. The van der Waals surface area contributed by atoms with Crippen molar-refractivity contribution in [3.8, 4) is 0 Å². The van der Waals surface area contributed by atoms with Crippen LogP contribution in [-0.4, -0.2) is 47.7 Å². The smallest absolute Gasteiger partial charge is 0.345 e. The number of alkyl halides is 6. The molecular weight excluding hydrogens is 567 g/mol. The summed E-state index contributed by atoms with van der Waals surface area (Å²) < 4.78 is 94.3. The molecule has 1 heterocycles. The van der Waals surface area contributed by atoms with Crippen LogP contribution < -0.4 is 10.2 Å². The Morgan fingerprint density at radius 2 is 1.60 bits per heavy atom. The fourth-order valence-electron chi connectivity index (χ4n) is 4.51. The lowest BCUT2D eigenvalue weighted by molar-refractivity contribution is -0.143. The van der Waals surface area contributed by atoms with Crippen LogP contribution in [0, 0.1) is 5.82 Å². The van der Waals surface area contributed by atoms with Crippen molar-refractivity contribution in [2.24, 2.45) is 0 Å². The Balaban J connectivity index is 1.37. The number of carbonyl (C=O) groups is 1. The van der Waals surface area contributed by atoms with Crippen LogP contribution >= 0.6 is 0 Å². The summed E-state index contributed by atoms with van der Waals surface area (Å²) in [5.74, 6) is 0.328. The molecule has 0 atom stereocenters. The minimum Gasteiger partial charge on any atom is -0.345 e. The molecule has 4 rings (SSSR count). The number of fused-ring (bicyclic) bond motifs is 1. The van der Waals surface area contributed by atoms with Crippen molar-refractivity contribution >= 4 is 23.0 Å². The number of nitrogens with one attached hydrogen (secondary N) is 1. The van der Waals surface area contributed by atoms with Crippen molar-refractivity contribution in [3.63, 3.8) is 0 Å². The van der Waals surface area contributed by atoms with Gasteiger partial charge in [-0.05, 0) is 53.9 Å². The maximum atomic E-state index is 13.4. The minimum atomic E-state index is -5.02. The van der Waals surface area contributed by atoms with Crippen molar-refractivity contribution in [1.29, 1.82) is 0 Å². The molecule has 1 aromatic heterocycles. The molecule has 3 aromatic carbocycles. The van der Waals surface area contributed by atoms with E-state index in [2.05, 4.69) is 5.32 Å². The van der Waals surface area contributed by atoms with Crippen LogP contribution in [0.3, 0.4) is 0 Å². The molecular formula is C29H28F7N5O. The number of carbonyl (C=O) groups excluding carboxylic acids is 1. The van der Waals surface area contributed by atoms with Gasteiger partial charge in [0, 0.05) is 33.7 Å². The number of halogens is 7. The molecule has 2 amide bonds. The van der Waals surface area contributed by atoms with E-state index in [0.29, 0.717) is 31.5 Å². The van der Waals surface area contributed by atoms with E-state index in [1.807, 2.05) is 40.8 Å². The summed E-state index contributed by atoms with van der Waals surface area (Å²) in [4.78, 5) is 20.5. The largest absolute Gasteiger partial charge is 0.416 e. The van der Waals surface area contributed by atoms with E-state index in [9.17, 15) is 35.5 Å². The van der Waals surface area contributed by atoms with Crippen LogP contribution in [0.5, 0.6) is 0 Å². The molecule has 0 radical (unpaired) electrons. The van der Waals surface area contributed by atoms with Crippen LogP contribution in [-0.2, 0) is 25.4 Å². The average Bonchev–Trinajstić information content (AvgIpc) is 3.30. The van der Waals surface area contributed by atoms with Gasteiger partial charge in [-0.15, -0.1) is 0 Å². The Morgan fingerprint density at radius 1 is 0.905 bits per heavy atom. The molecule has 0 aliphatic heterocycles. The van der Waals surface area contributed by atoms with Gasteiger partial charge < -0.3 is 19.7 Å². The molecule has 0 bridgehead atoms. The number of para-hydroxylation sites is 2. The lowest BCUT2D eigenvalue weighted by Crippen LogP contribution is -2.38. The van der Waals surface area contributed by atoms with Crippen LogP contribution in [0.1, 0.15) is 28.7 Å². The van der Waals surface area contributed by atoms with Crippen molar-refractivity contribution in [1.82, 2.24) is 19.8 Å². The summed E-state index contributed by atoms with van der Waals surface area (Å²) in [6.45, 7) is 0.574. The molecule has 0 spiro atoms. The zero-order valence-corrected chi connectivity index (χ0v) is 22.7. The molecule has 0 saturated carbocycles. The number of nitrogens with zero attached hydrogens (tertiary/aromatic N) is 4. The van der Waals surface area contributed by atoms with E-state index in [4.69, 9.17) is 4.98 Å². The Hall–Kier alpha value is -4.29. The summed E-state index contributed by atoms with van der Waals surface area (Å²) in [6, 6.07) is 14.4. The quantitative estimate of drug-likeness (QED) is 0.214. The van der Waals surface area contributed by atoms with Gasteiger partial charge in [0.1, 0.15) is 5.82 Å². The van der Waals surface area contributed by atoms with E-state index in [1.165, 1.54) is 24.1 Å². The third-order valence-corrected chi connectivity index (χ3v) is 6.74. The highest BCUT2D eigenvalue weighted by molar-refractivity contribution is 5.79. The van der Waals surface area contributed by atoms with E-state index in [1.54, 1.807) is 12.1 Å². The summed E-state index contributed by atoms with van der Waals surface area (Å²) in [5, 5.41) is 2.35. The molecule has 0 aliphatic rings. The van der Waals surface area contributed by atoms with Gasteiger partial charge >= 0.3 is 18.4 Å². The summed E-state index contributed by atoms with van der Waals surface area (Å²) in [7, 11) is 3.31. The second kappa shape index (κ2) is 12.3. The number of aromatic nitrogens is 2. The van der Waals surface area contributed by atoms with Crippen LogP contribution in [0.25, 0.3) is 11.0 Å². The number of amides is 2. The number of rotatable bonds is 9. The zero-order chi connectivity index (χ0) is 30.7. The lowest BCUT2D eigenvalue weighted by atomic mass is 10.0. The predicted octanol–water partition coefficient (Wildman–Crippen LogP) is 6.93. The Kier molecular flexibility index (Phi) is 8.97. The molecule has 42 heavy (non-hydrogen) atoms. The average molecular weight is 596 g/mol. The Bertz CT molecular complexity index is 1530. The Labute approximate surface area is 237 Å². The topological polar surface area (TPSA) is 53.4 Å². The van der Waals surface area contributed by atoms with Gasteiger partial charge in [0.05, 0.1) is 28.7 Å². The molecule has 4 aromatic rings. The van der Waals surface area contributed by atoms with Crippen molar-refractivity contribution in [2.45, 2.75) is 31.9 Å². The van der Waals surface area contributed by atoms with Gasteiger partial charge in [-0.25, -0.2) is 14.2 Å². The minimum absolute atomic E-state index is 0.0461. The SMILES string of the molecule is CN(CCCN(C)c1nc2ccccc2n1Cc1ccc(F)cc1)C(=O)NCc1ccc(C(F)(F)F)cc1C(F)(F)F. The highest BCUT2D eigenvalue weighted by atomic mass is 19.4. The van der Waals surface area contributed by atoms with Gasteiger partial charge in [-0.1, -0.05) is 30.3 Å². The molecule has 0 aliphatic carbocycles. The molecule has 0 fully saturated rings. The summed E-state index contributed by atoms with van der Waals surface area (Å²) >= 11 is 0. The van der Waals surface area contributed by atoms with E-state index in [-0.39, 0.29) is 18.4 Å². The highest BCUT2D eigenvalue weighted by Crippen LogP contribution is 2.37. The Morgan fingerprint density at radius 3 is 2.26 bits per heavy atom. The number of hydrogen-bond donors (Lipinski definition) is 1. The molecule has 6 nitrogen and oxygen atoms in total. The van der Waals surface area contributed by atoms with Crippen LogP contribution in [0.15, 0.2) is 66.7 Å². The number of anilines is 1. The monoisotopic (exact) mass is 595 g/mol. The first-order valence-electron chi connectivity index (χ1n) is 12.9. The highest BCUT2D eigenvalue weighted by Gasteiger charge is 2.38. The maximum Gasteiger partial charge on any atom is 0.416 e. The van der Waals surface area contributed by atoms with Gasteiger partial charge in [0.15, 0.2) is 0 Å². The maximum absolute atomic E-state index is 13.4. The predicted molar refractivity (Wildman–Crippen MR) is 144 cm³/mol. The fraction of sp³-hybridized carbons (Fsp3) is 0.310. The van der Waals surface area contributed by atoms with Crippen molar-refractivity contribution in [3.05, 3.63) is 94.8 Å². The second-order valence-corrected chi connectivity index (χ2v) is 9.84. The number of imidazole rings is 1. The van der Waals surface area contributed by atoms with E-state index < -0.39 is 41.6 Å². The first kappa shape index (κ1) is 30.7. The van der Waals surface area contributed by atoms with Gasteiger partial charge in [0.25, 0.3) is 0 Å². The van der Waals surface area contributed by atoms with Gasteiger partial charge in [-0.3, -0.25) is 0 Å². The van der Waals surface area contributed by atoms with Gasteiger partial charge in [-0.2, -0.15) is 26.3 Å². The molecule has 224 valence electrons. The summed E-state index contributed by atoms with van der Waals surface area (Å²) in [6.07, 6.45) is -9.47. The zero-order valence-electron chi connectivity index (χ0n) is 22.7. The first-order valence-corrected chi connectivity index (χ1v) is 12.9. The normalized spacial score (nSPS) is 12.0. The van der Waals surface area contributed by atoms with Crippen molar-refractivity contribution in [2.75, 3.05) is 32.1 Å². The second-order valence-electron chi connectivity index (χ2n) is 9.84. The number of hydrogen-bond acceptors (Lipinski definition) is 3. The van der Waals surface area contributed by atoms with Crippen LogP contribution in [0.4, 0.5) is 41.5 Å². The van der Waals surface area contributed by atoms with Gasteiger partial charge in [0.2, 0.25) is 5.95 Å². The summed E-state index contributed by atoms with van der Waals surface area (Å²) in [5.41, 5.74) is -0.798. The van der Waals surface area contributed by atoms with E-state index >= 15 is 0 Å². The third-order valence-electron chi connectivity index (χ3n) is 6.74. The lowest BCUT2D eigenvalue weighted by Gasteiger charge is -2.23. The molecule has 13 heteroatoms. The third kappa shape index (κ3) is 7.31. The van der Waals surface area contributed by atoms with E-state index in [0.717, 1.165) is 22.7 Å². The molecule has 0 unspecified atom stereocenters. The molecule has 1 N–H and O–H groups in total. The fourth-order valence-corrected chi connectivity index (χ4v) is 4.51. The number of urea groups is 1. The number of benzene rings is 3. The van der Waals surface area contributed by atoms with Crippen molar-refractivity contribution < 1.29 is 35.5 Å². The molecule has 0 saturated heterocycles.